The predicted molar refractivity (Wildman–Crippen MR) is 90.8 cm³/mol. The number of nitrogens with two attached hydrogens (primary N) is 1. The summed E-state index contributed by atoms with van der Waals surface area (Å²) in [7, 11) is 0. The van der Waals surface area contributed by atoms with Crippen molar-refractivity contribution >= 4 is 22.4 Å². The first-order valence-electron chi connectivity index (χ1n) is 7.13. The van der Waals surface area contributed by atoms with Crippen LogP contribution in [0, 0.1) is 6.92 Å². The van der Waals surface area contributed by atoms with Gasteiger partial charge in [-0.3, -0.25) is 0 Å². The van der Waals surface area contributed by atoms with Gasteiger partial charge in [0.25, 0.3) is 0 Å². The Morgan fingerprint density at radius 1 is 0.952 bits per heavy atom. The van der Waals surface area contributed by atoms with Gasteiger partial charge in [0.05, 0.1) is 0 Å². The molecule has 0 bridgehead atoms. The Morgan fingerprint density at radius 3 is 2.48 bits per heavy atom. The maximum Gasteiger partial charge on any atom is 0.0441 e. The zero-order chi connectivity index (χ0) is 14.8. The highest BCUT2D eigenvalue weighted by atomic mass is 35.5. The van der Waals surface area contributed by atoms with Crippen LogP contribution in [0.3, 0.4) is 0 Å². The van der Waals surface area contributed by atoms with Crippen molar-refractivity contribution in [2.75, 3.05) is 0 Å². The summed E-state index contributed by atoms with van der Waals surface area (Å²) in [6, 6.07) is 20.8. The molecule has 0 aliphatic carbocycles. The highest BCUT2D eigenvalue weighted by molar-refractivity contribution is 6.31. The molecule has 0 saturated heterocycles. The van der Waals surface area contributed by atoms with Gasteiger partial charge in [0.1, 0.15) is 0 Å². The lowest BCUT2D eigenvalue weighted by Gasteiger charge is -2.14. The first kappa shape index (κ1) is 14.1. The molecule has 3 aromatic carbocycles. The molecule has 3 aromatic rings. The Balaban J connectivity index is 1.87. The van der Waals surface area contributed by atoms with Crippen LogP contribution in [0.2, 0.25) is 5.02 Å². The van der Waals surface area contributed by atoms with E-state index < -0.39 is 0 Å². The maximum atomic E-state index is 6.37. The zero-order valence-corrected chi connectivity index (χ0v) is 12.8. The van der Waals surface area contributed by atoms with Crippen LogP contribution in [0.1, 0.15) is 22.7 Å². The Kier molecular flexibility index (Phi) is 3.96. The minimum absolute atomic E-state index is 0.0465. The van der Waals surface area contributed by atoms with E-state index in [1.165, 1.54) is 16.3 Å². The summed E-state index contributed by atoms with van der Waals surface area (Å²) in [5.41, 5.74) is 9.78. The fourth-order valence-electron chi connectivity index (χ4n) is 2.61. The number of aryl methyl sites for hydroxylation is 1. The first-order chi connectivity index (χ1) is 10.1. The summed E-state index contributed by atoms with van der Waals surface area (Å²) in [4.78, 5) is 0. The van der Waals surface area contributed by atoms with Crippen LogP contribution in [0.15, 0.2) is 60.7 Å². The third-order valence-electron chi connectivity index (χ3n) is 3.85. The first-order valence-corrected chi connectivity index (χ1v) is 7.50. The lowest BCUT2D eigenvalue weighted by molar-refractivity contribution is 0.723. The molecule has 0 spiro atoms. The molecule has 1 nitrogen and oxygen atoms in total. The average Bonchev–Trinajstić information content (AvgIpc) is 2.49. The van der Waals surface area contributed by atoms with Crippen molar-refractivity contribution in [1.82, 2.24) is 0 Å². The van der Waals surface area contributed by atoms with Crippen molar-refractivity contribution in [3.05, 3.63) is 82.4 Å². The van der Waals surface area contributed by atoms with Gasteiger partial charge in [0.15, 0.2) is 0 Å². The highest BCUT2D eigenvalue weighted by Gasteiger charge is 2.10. The third-order valence-corrected chi connectivity index (χ3v) is 4.20. The van der Waals surface area contributed by atoms with Gasteiger partial charge in [-0.05, 0) is 52.9 Å². The van der Waals surface area contributed by atoms with E-state index in [1.807, 2.05) is 19.1 Å². The van der Waals surface area contributed by atoms with E-state index in [0.717, 1.165) is 22.6 Å². The number of hydrogen-bond donors (Lipinski definition) is 1. The molecule has 0 saturated carbocycles. The molecule has 0 fully saturated rings. The van der Waals surface area contributed by atoms with Crippen molar-refractivity contribution in [3.8, 4) is 0 Å². The molecule has 1 atom stereocenters. The Hall–Kier alpha value is -1.83. The van der Waals surface area contributed by atoms with Crippen LogP contribution in [0.4, 0.5) is 0 Å². The number of benzene rings is 3. The molecule has 21 heavy (non-hydrogen) atoms. The van der Waals surface area contributed by atoms with E-state index in [9.17, 15) is 0 Å². The fourth-order valence-corrected chi connectivity index (χ4v) is 2.92. The molecule has 106 valence electrons. The fraction of sp³-hybridized carbons (Fsp3) is 0.158. The minimum atomic E-state index is -0.0465. The van der Waals surface area contributed by atoms with Gasteiger partial charge >= 0.3 is 0 Å². The molecule has 0 aliphatic heterocycles. The number of rotatable bonds is 3. The number of halogens is 1. The molecule has 2 heteroatoms. The third kappa shape index (κ3) is 3.10. The summed E-state index contributed by atoms with van der Waals surface area (Å²) < 4.78 is 0. The smallest absolute Gasteiger partial charge is 0.0441 e. The largest absolute Gasteiger partial charge is 0.324 e. The Bertz CT molecular complexity index is 779. The highest BCUT2D eigenvalue weighted by Crippen LogP contribution is 2.25. The molecule has 3 rings (SSSR count). The van der Waals surface area contributed by atoms with E-state index in [4.69, 9.17) is 17.3 Å². The molecule has 1 unspecified atom stereocenters. The molecule has 0 heterocycles. The van der Waals surface area contributed by atoms with Crippen molar-refractivity contribution < 1.29 is 0 Å². The van der Waals surface area contributed by atoms with Crippen LogP contribution in [0.5, 0.6) is 0 Å². The van der Waals surface area contributed by atoms with E-state index in [2.05, 4.69) is 48.5 Å². The van der Waals surface area contributed by atoms with Gasteiger partial charge in [-0.2, -0.15) is 0 Å². The van der Waals surface area contributed by atoms with Crippen LogP contribution in [-0.4, -0.2) is 0 Å². The standard InChI is InChI=1S/C19H18ClN/c1-13-6-7-16(18(20)10-13)12-19(21)17-9-8-14-4-2-3-5-15(14)11-17/h2-11,19H,12,21H2,1H3. The predicted octanol–water partition coefficient (Wildman–Crippen LogP) is 5.04. The van der Waals surface area contributed by atoms with E-state index in [-0.39, 0.29) is 6.04 Å². The van der Waals surface area contributed by atoms with Crippen LogP contribution in [0.25, 0.3) is 10.8 Å². The Morgan fingerprint density at radius 2 is 1.71 bits per heavy atom. The molecule has 0 radical (unpaired) electrons. The lowest BCUT2D eigenvalue weighted by atomic mass is 9.97. The van der Waals surface area contributed by atoms with Crippen LogP contribution < -0.4 is 5.73 Å². The van der Waals surface area contributed by atoms with E-state index >= 15 is 0 Å². The van der Waals surface area contributed by atoms with Gasteiger partial charge in [-0.15, -0.1) is 0 Å². The van der Waals surface area contributed by atoms with Gasteiger partial charge in [0, 0.05) is 11.1 Å². The lowest BCUT2D eigenvalue weighted by Crippen LogP contribution is -2.13. The number of hydrogen-bond acceptors (Lipinski definition) is 1. The van der Waals surface area contributed by atoms with Crippen LogP contribution in [-0.2, 0) is 6.42 Å². The molecule has 0 aliphatic rings. The van der Waals surface area contributed by atoms with Crippen LogP contribution >= 0.6 is 11.6 Å². The summed E-state index contributed by atoms with van der Waals surface area (Å²) in [5, 5.41) is 3.26. The zero-order valence-electron chi connectivity index (χ0n) is 12.0. The summed E-state index contributed by atoms with van der Waals surface area (Å²) in [6.45, 7) is 2.04. The molecular weight excluding hydrogens is 278 g/mol. The van der Waals surface area contributed by atoms with E-state index in [0.29, 0.717) is 0 Å². The second-order valence-electron chi connectivity index (χ2n) is 5.51. The van der Waals surface area contributed by atoms with Gasteiger partial charge in [-0.1, -0.05) is 60.1 Å². The monoisotopic (exact) mass is 295 g/mol. The quantitative estimate of drug-likeness (QED) is 0.719. The normalized spacial score (nSPS) is 12.5. The second-order valence-corrected chi connectivity index (χ2v) is 5.92. The summed E-state index contributed by atoms with van der Waals surface area (Å²) in [6.07, 6.45) is 0.747. The summed E-state index contributed by atoms with van der Waals surface area (Å²) >= 11 is 6.30. The number of fused-ring (bicyclic) bond motifs is 1. The summed E-state index contributed by atoms with van der Waals surface area (Å²) in [5.74, 6) is 0. The van der Waals surface area contributed by atoms with Crippen molar-refractivity contribution in [2.24, 2.45) is 5.73 Å². The molecule has 0 aromatic heterocycles. The molecule has 0 amide bonds. The van der Waals surface area contributed by atoms with Gasteiger partial charge in [-0.25, -0.2) is 0 Å². The van der Waals surface area contributed by atoms with E-state index in [1.54, 1.807) is 0 Å². The second kappa shape index (κ2) is 5.88. The maximum absolute atomic E-state index is 6.37. The van der Waals surface area contributed by atoms with Crippen molar-refractivity contribution in [1.29, 1.82) is 0 Å². The van der Waals surface area contributed by atoms with Crippen molar-refractivity contribution in [3.63, 3.8) is 0 Å². The van der Waals surface area contributed by atoms with Gasteiger partial charge in [0.2, 0.25) is 0 Å². The molecule has 2 N–H and O–H groups in total. The minimum Gasteiger partial charge on any atom is -0.324 e. The molecular formula is C19H18ClN. The topological polar surface area (TPSA) is 26.0 Å². The van der Waals surface area contributed by atoms with Gasteiger partial charge < -0.3 is 5.73 Å². The Labute approximate surface area is 130 Å². The SMILES string of the molecule is Cc1ccc(CC(N)c2ccc3ccccc3c2)c(Cl)c1. The average molecular weight is 296 g/mol. The van der Waals surface area contributed by atoms with Crippen molar-refractivity contribution in [2.45, 2.75) is 19.4 Å².